The lowest BCUT2D eigenvalue weighted by molar-refractivity contribution is -0.0439. The van der Waals surface area contributed by atoms with Gasteiger partial charge in [0.2, 0.25) is 0 Å². The molecule has 0 amide bonds. The zero-order chi connectivity index (χ0) is 15.2. The van der Waals surface area contributed by atoms with Gasteiger partial charge < -0.3 is 19.5 Å². The van der Waals surface area contributed by atoms with Crippen LogP contribution in [0.5, 0.6) is 11.6 Å². The Labute approximate surface area is 130 Å². The molecule has 0 radical (unpaired) electrons. The Kier molecular flexibility index (Phi) is 4.88. The first-order valence-electron chi connectivity index (χ1n) is 7.41. The zero-order valence-electron chi connectivity index (χ0n) is 12.6. The van der Waals surface area contributed by atoms with Crippen LogP contribution in [0.4, 0.5) is 0 Å². The molecule has 116 valence electrons. The second-order valence-corrected chi connectivity index (χ2v) is 5.07. The first-order chi connectivity index (χ1) is 10.9. The third kappa shape index (κ3) is 3.37. The van der Waals surface area contributed by atoms with E-state index in [-0.39, 0.29) is 12.2 Å². The summed E-state index contributed by atoms with van der Waals surface area (Å²) in [6, 6.07) is 13.8. The van der Waals surface area contributed by atoms with E-state index in [0.29, 0.717) is 18.2 Å². The van der Waals surface area contributed by atoms with Crippen molar-refractivity contribution in [3.05, 3.63) is 54.2 Å². The van der Waals surface area contributed by atoms with Crippen molar-refractivity contribution in [3.8, 4) is 11.6 Å². The predicted octanol–water partition coefficient (Wildman–Crippen LogP) is 2.20. The van der Waals surface area contributed by atoms with Crippen molar-refractivity contribution in [1.82, 2.24) is 10.3 Å². The largest absolute Gasteiger partial charge is 0.478 e. The predicted molar refractivity (Wildman–Crippen MR) is 83.2 cm³/mol. The van der Waals surface area contributed by atoms with Crippen LogP contribution < -0.4 is 14.8 Å². The molecule has 1 saturated heterocycles. The average molecular weight is 300 g/mol. The number of nitrogens with zero attached hydrogens (tertiary/aromatic N) is 1. The molecule has 0 bridgehead atoms. The van der Waals surface area contributed by atoms with Gasteiger partial charge in [-0.25, -0.2) is 4.98 Å². The lowest BCUT2D eigenvalue weighted by Gasteiger charge is -2.31. The van der Waals surface area contributed by atoms with Gasteiger partial charge in [0.15, 0.2) is 11.9 Å². The molecule has 0 spiro atoms. The minimum Gasteiger partial charge on any atom is -0.478 e. The van der Waals surface area contributed by atoms with Gasteiger partial charge in [-0.15, -0.1) is 0 Å². The molecule has 0 unspecified atom stereocenters. The summed E-state index contributed by atoms with van der Waals surface area (Å²) in [5.41, 5.74) is 1.07. The van der Waals surface area contributed by atoms with E-state index in [1.807, 2.05) is 42.5 Å². The lowest BCUT2D eigenvalue weighted by atomic mass is 10.0. The highest BCUT2D eigenvalue weighted by Crippen LogP contribution is 2.31. The number of hydrogen-bond acceptors (Lipinski definition) is 5. The highest BCUT2D eigenvalue weighted by atomic mass is 16.6. The standard InChI is InChI=1S/C17H20N2O3/c1-20-17-14(8-5-9-19-17)22-16(13-6-3-2-4-7-13)15-12-18-10-11-21-15/h2-9,15-16,18H,10-12H2,1H3/t15-,16-/m0/s1. The van der Waals surface area contributed by atoms with Crippen molar-refractivity contribution < 1.29 is 14.2 Å². The van der Waals surface area contributed by atoms with Crippen molar-refractivity contribution >= 4 is 0 Å². The fourth-order valence-electron chi connectivity index (χ4n) is 2.54. The maximum Gasteiger partial charge on any atom is 0.256 e. The molecular formula is C17H20N2O3. The fourth-order valence-corrected chi connectivity index (χ4v) is 2.54. The third-order valence-corrected chi connectivity index (χ3v) is 3.61. The molecule has 1 N–H and O–H groups in total. The molecule has 1 aromatic carbocycles. The number of methoxy groups -OCH3 is 1. The first-order valence-corrected chi connectivity index (χ1v) is 7.41. The van der Waals surface area contributed by atoms with E-state index in [1.54, 1.807) is 13.3 Å². The van der Waals surface area contributed by atoms with E-state index in [9.17, 15) is 0 Å². The number of hydrogen-bond donors (Lipinski definition) is 1. The molecule has 3 rings (SSSR count). The number of benzene rings is 1. The van der Waals surface area contributed by atoms with E-state index < -0.39 is 0 Å². The van der Waals surface area contributed by atoms with Crippen molar-refractivity contribution in [3.63, 3.8) is 0 Å². The number of morpholine rings is 1. The van der Waals surface area contributed by atoms with Crippen LogP contribution >= 0.6 is 0 Å². The van der Waals surface area contributed by atoms with Gasteiger partial charge in [-0.2, -0.15) is 0 Å². The summed E-state index contributed by atoms with van der Waals surface area (Å²) in [6.45, 7) is 2.30. The van der Waals surface area contributed by atoms with Crippen LogP contribution in [0, 0.1) is 0 Å². The van der Waals surface area contributed by atoms with Gasteiger partial charge in [-0.05, 0) is 17.7 Å². The van der Waals surface area contributed by atoms with E-state index in [1.165, 1.54) is 0 Å². The van der Waals surface area contributed by atoms with Crippen LogP contribution in [-0.4, -0.2) is 37.9 Å². The summed E-state index contributed by atoms with van der Waals surface area (Å²) >= 11 is 0. The van der Waals surface area contributed by atoms with E-state index >= 15 is 0 Å². The maximum atomic E-state index is 6.21. The number of pyridine rings is 1. The molecule has 1 fully saturated rings. The van der Waals surface area contributed by atoms with E-state index in [2.05, 4.69) is 10.3 Å². The molecule has 5 heteroatoms. The molecule has 2 aromatic rings. The van der Waals surface area contributed by atoms with Gasteiger partial charge in [-0.1, -0.05) is 30.3 Å². The average Bonchev–Trinajstić information content (AvgIpc) is 2.61. The monoisotopic (exact) mass is 300 g/mol. The molecule has 1 aliphatic heterocycles. The summed E-state index contributed by atoms with van der Waals surface area (Å²) in [7, 11) is 1.59. The van der Waals surface area contributed by atoms with Crippen LogP contribution in [0.2, 0.25) is 0 Å². The van der Waals surface area contributed by atoms with E-state index in [4.69, 9.17) is 14.2 Å². The van der Waals surface area contributed by atoms with Gasteiger partial charge in [0, 0.05) is 19.3 Å². The number of rotatable bonds is 5. The second kappa shape index (κ2) is 7.24. The summed E-state index contributed by atoms with van der Waals surface area (Å²) in [6.07, 6.45) is 1.41. The van der Waals surface area contributed by atoms with Crippen LogP contribution in [0.1, 0.15) is 11.7 Å². The normalized spacial score (nSPS) is 19.4. The topological polar surface area (TPSA) is 52.6 Å². The number of aromatic nitrogens is 1. The Morgan fingerprint density at radius 1 is 1.23 bits per heavy atom. The van der Waals surface area contributed by atoms with Crippen LogP contribution in [0.25, 0.3) is 0 Å². The third-order valence-electron chi connectivity index (χ3n) is 3.61. The Balaban J connectivity index is 1.88. The molecule has 2 heterocycles. The van der Waals surface area contributed by atoms with Crippen molar-refractivity contribution in [2.75, 3.05) is 26.8 Å². The van der Waals surface area contributed by atoms with Crippen molar-refractivity contribution in [2.45, 2.75) is 12.2 Å². The van der Waals surface area contributed by atoms with E-state index in [0.717, 1.165) is 18.7 Å². The summed E-state index contributed by atoms with van der Waals surface area (Å²) in [5, 5.41) is 3.35. The van der Waals surface area contributed by atoms with Gasteiger partial charge in [-0.3, -0.25) is 0 Å². The second-order valence-electron chi connectivity index (χ2n) is 5.07. The Hall–Kier alpha value is -2.11. The SMILES string of the molecule is COc1ncccc1O[C@@H](c1ccccc1)[C@@H]1CNCCO1. The molecule has 0 saturated carbocycles. The molecule has 5 nitrogen and oxygen atoms in total. The molecule has 2 atom stereocenters. The van der Waals surface area contributed by atoms with Gasteiger partial charge >= 0.3 is 0 Å². The summed E-state index contributed by atoms with van der Waals surface area (Å²) < 4.78 is 17.4. The first kappa shape index (κ1) is 14.8. The van der Waals surface area contributed by atoms with Gasteiger partial charge in [0.05, 0.1) is 13.7 Å². The molecule has 22 heavy (non-hydrogen) atoms. The smallest absolute Gasteiger partial charge is 0.256 e. The molecule has 1 aliphatic rings. The molecule has 1 aromatic heterocycles. The Morgan fingerprint density at radius 3 is 2.82 bits per heavy atom. The van der Waals surface area contributed by atoms with Crippen molar-refractivity contribution in [2.24, 2.45) is 0 Å². The van der Waals surface area contributed by atoms with Crippen LogP contribution in [0.15, 0.2) is 48.7 Å². The Bertz CT molecular complexity index is 585. The molecular weight excluding hydrogens is 280 g/mol. The zero-order valence-corrected chi connectivity index (χ0v) is 12.6. The summed E-state index contributed by atoms with van der Waals surface area (Å²) in [5.74, 6) is 1.10. The minimum absolute atomic E-state index is 0.0546. The Morgan fingerprint density at radius 2 is 2.09 bits per heavy atom. The quantitative estimate of drug-likeness (QED) is 0.917. The number of ether oxygens (including phenoxy) is 3. The van der Waals surface area contributed by atoms with Gasteiger partial charge in [0.25, 0.3) is 5.88 Å². The van der Waals surface area contributed by atoms with Crippen LogP contribution in [-0.2, 0) is 4.74 Å². The maximum absolute atomic E-state index is 6.21. The fraction of sp³-hybridized carbons (Fsp3) is 0.353. The molecule has 0 aliphatic carbocycles. The highest BCUT2D eigenvalue weighted by molar-refractivity contribution is 5.34. The summed E-state index contributed by atoms with van der Waals surface area (Å²) in [4.78, 5) is 4.19. The highest BCUT2D eigenvalue weighted by Gasteiger charge is 2.28. The van der Waals surface area contributed by atoms with Crippen molar-refractivity contribution in [1.29, 1.82) is 0 Å². The lowest BCUT2D eigenvalue weighted by Crippen LogP contribution is -2.43. The number of nitrogens with one attached hydrogen (secondary N) is 1. The van der Waals surface area contributed by atoms with Gasteiger partial charge in [0.1, 0.15) is 6.10 Å². The van der Waals surface area contributed by atoms with Crippen LogP contribution in [0.3, 0.4) is 0 Å². The minimum atomic E-state index is -0.216.